The molecule has 0 aliphatic carbocycles. The van der Waals surface area contributed by atoms with Gasteiger partial charge in [-0.15, -0.1) is 23.1 Å². The minimum Gasteiger partial charge on any atom is -0.496 e. The van der Waals surface area contributed by atoms with E-state index >= 15 is 0 Å². The third kappa shape index (κ3) is 7.82. The van der Waals surface area contributed by atoms with Crippen molar-refractivity contribution >= 4 is 57.7 Å². The molecule has 1 atom stereocenters. The summed E-state index contributed by atoms with van der Waals surface area (Å²) in [6.07, 6.45) is 2.94. The summed E-state index contributed by atoms with van der Waals surface area (Å²) in [6, 6.07) is 26.6. The third-order valence-corrected chi connectivity index (χ3v) is 8.14. The first-order valence-corrected chi connectivity index (χ1v) is 15.2. The predicted octanol–water partition coefficient (Wildman–Crippen LogP) is 6.94. The molecule has 3 amide bonds. The Morgan fingerprint density at radius 3 is 2.41 bits per heavy atom. The second-order valence-corrected chi connectivity index (χ2v) is 11.6. The number of furan rings is 1. The topological polar surface area (TPSA) is 123 Å². The van der Waals surface area contributed by atoms with Gasteiger partial charge in [0.1, 0.15) is 17.2 Å². The highest BCUT2D eigenvalue weighted by Crippen LogP contribution is 2.32. The number of anilines is 2. The van der Waals surface area contributed by atoms with Crippen LogP contribution in [0.1, 0.15) is 23.0 Å². The van der Waals surface area contributed by atoms with Crippen LogP contribution < -0.4 is 20.7 Å². The van der Waals surface area contributed by atoms with Gasteiger partial charge < -0.3 is 25.1 Å². The van der Waals surface area contributed by atoms with Gasteiger partial charge in [0, 0.05) is 33.2 Å². The van der Waals surface area contributed by atoms with Crippen molar-refractivity contribution in [2.75, 3.05) is 17.7 Å². The molecule has 5 aromatic rings. The number of nitrogens with zero attached hydrogens (tertiary/aromatic N) is 1. The normalized spacial score (nSPS) is 11.8. The second-order valence-electron chi connectivity index (χ2n) is 9.36. The molecule has 5 rings (SSSR count). The van der Waals surface area contributed by atoms with Crippen LogP contribution in [0.25, 0.3) is 17.3 Å². The van der Waals surface area contributed by atoms with Crippen LogP contribution >= 0.6 is 23.1 Å². The van der Waals surface area contributed by atoms with Gasteiger partial charge >= 0.3 is 0 Å². The number of nitrogens with one attached hydrogen (secondary N) is 3. The van der Waals surface area contributed by atoms with E-state index in [1.807, 2.05) is 48.7 Å². The van der Waals surface area contributed by atoms with Crippen LogP contribution in [0.5, 0.6) is 5.75 Å². The van der Waals surface area contributed by atoms with Gasteiger partial charge in [0.15, 0.2) is 5.13 Å². The third-order valence-electron chi connectivity index (χ3n) is 6.27. The average molecular weight is 625 g/mol. The van der Waals surface area contributed by atoms with Crippen molar-refractivity contribution in [3.05, 3.63) is 120 Å². The fourth-order valence-corrected chi connectivity index (χ4v) is 5.63. The van der Waals surface area contributed by atoms with Crippen LogP contribution in [-0.2, 0) is 9.59 Å². The summed E-state index contributed by atoms with van der Waals surface area (Å²) in [6.45, 7) is 1.81. The molecule has 0 bridgehead atoms. The molecule has 44 heavy (non-hydrogen) atoms. The quantitative estimate of drug-likeness (QED) is 0.107. The molecule has 11 heteroatoms. The van der Waals surface area contributed by atoms with E-state index < -0.39 is 17.1 Å². The molecule has 0 fully saturated rings. The standard InChI is InChI=1S/C33H28N4O5S2/c1-21(30(38)37-33-36-28(20-43-33)26-12-6-7-13-29(26)41-2)44-25-16-14-23(15-17-25)34-32(40)27(19-24-11-8-18-42-24)35-31(39)22-9-4-3-5-10-22/h3-21H,1-2H3,(H,34,40)(H,35,39)(H,36,37,38)/b27-19-. The number of benzene rings is 3. The monoisotopic (exact) mass is 624 g/mol. The fourth-order valence-electron chi connectivity index (χ4n) is 4.05. The molecule has 3 N–H and O–H groups in total. The van der Waals surface area contributed by atoms with E-state index in [9.17, 15) is 14.4 Å². The van der Waals surface area contributed by atoms with Gasteiger partial charge in [-0.1, -0.05) is 30.3 Å². The maximum absolute atomic E-state index is 13.2. The SMILES string of the molecule is COc1ccccc1-c1csc(NC(=O)C(C)Sc2ccc(NC(=O)/C(=C/c3ccco3)NC(=O)c3ccccc3)cc2)n1. The zero-order chi connectivity index (χ0) is 30.9. The van der Waals surface area contributed by atoms with E-state index in [-0.39, 0.29) is 11.6 Å². The largest absolute Gasteiger partial charge is 0.496 e. The molecule has 0 saturated heterocycles. The lowest BCUT2D eigenvalue weighted by atomic mass is 10.1. The smallest absolute Gasteiger partial charge is 0.272 e. The van der Waals surface area contributed by atoms with Gasteiger partial charge in [0.05, 0.1) is 24.3 Å². The number of carbonyl (C=O) groups is 3. The Labute approximate surface area is 262 Å². The van der Waals surface area contributed by atoms with Gasteiger partial charge in [-0.3, -0.25) is 14.4 Å². The zero-order valence-electron chi connectivity index (χ0n) is 23.8. The van der Waals surface area contributed by atoms with Crippen molar-refractivity contribution in [1.82, 2.24) is 10.3 Å². The van der Waals surface area contributed by atoms with Crippen LogP contribution in [0.4, 0.5) is 10.8 Å². The molecule has 0 radical (unpaired) electrons. The first kappa shape index (κ1) is 30.3. The van der Waals surface area contributed by atoms with Crippen LogP contribution in [0.15, 0.2) is 118 Å². The van der Waals surface area contributed by atoms with E-state index in [0.717, 1.165) is 16.2 Å². The number of amides is 3. The first-order chi connectivity index (χ1) is 21.4. The Kier molecular flexibility index (Phi) is 9.90. The van der Waals surface area contributed by atoms with Crippen LogP contribution in [0.3, 0.4) is 0 Å². The van der Waals surface area contributed by atoms with E-state index in [1.165, 1.54) is 35.4 Å². The van der Waals surface area contributed by atoms with E-state index in [0.29, 0.717) is 27.9 Å². The van der Waals surface area contributed by atoms with Gasteiger partial charge in [-0.2, -0.15) is 0 Å². The summed E-state index contributed by atoms with van der Waals surface area (Å²) in [4.78, 5) is 44.2. The number of thioether (sulfide) groups is 1. The molecule has 0 aliphatic rings. The second kappa shape index (κ2) is 14.4. The number of hydrogen-bond acceptors (Lipinski definition) is 8. The molecule has 2 heterocycles. The van der Waals surface area contributed by atoms with Crippen molar-refractivity contribution in [2.24, 2.45) is 0 Å². The summed E-state index contributed by atoms with van der Waals surface area (Å²) in [7, 11) is 1.61. The highest BCUT2D eigenvalue weighted by molar-refractivity contribution is 8.00. The Hall–Kier alpha value is -5.13. The van der Waals surface area contributed by atoms with Crippen LogP contribution in [-0.4, -0.2) is 35.1 Å². The first-order valence-electron chi connectivity index (χ1n) is 13.5. The average Bonchev–Trinajstić information content (AvgIpc) is 3.74. The number of para-hydroxylation sites is 1. The molecule has 9 nitrogen and oxygen atoms in total. The summed E-state index contributed by atoms with van der Waals surface area (Å²) < 4.78 is 10.8. The van der Waals surface area contributed by atoms with Crippen LogP contribution in [0.2, 0.25) is 0 Å². The van der Waals surface area contributed by atoms with Gasteiger partial charge in [0.2, 0.25) is 5.91 Å². The fraction of sp³-hybridized carbons (Fsp3) is 0.0909. The Morgan fingerprint density at radius 1 is 0.932 bits per heavy atom. The van der Waals surface area contributed by atoms with Crippen molar-refractivity contribution < 1.29 is 23.5 Å². The number of thiazole rings is 1. The number of methoxy groups -OCH3 is 1. The number of aromatic nitrogens is 1. The number of ether oxygens (including phenoxy) is 1. The molecule has 2 aromatic heterocycles. The molecular formula is C33H28N4O5S2. The molecule has 0 saturated carbocycles. The van der Waals surface area contributed by atoms with Crippen LogP contribution in [0, 0.1) is 0 Å². The van der Waals surface area contributed by atoms with Crippen molar-refractivity contribution in [3.8, 4) is 17.0 Å². The van der Waals surface area contributed by atoms with Gasteiger partial charge in [-0.25, -0.2) is 4.98 Å². The summed E-state index contributed by atoms with van der Waals surface area (Å²) in [5.74, 6) is -0.00602. The van der Waals surface area contributed by atoms with Crippen molar-refractivity contribution in [2.45, 2.75) is 17.1 Å². The number of carbonyl (C=O) groups excluding carboxylic acids is 3. The maximum atomic E-state index is 13.2. The van der Waals surface area contributed by atoms with Crippen molar-refractivity contribution in [1.29, 1.82) is 0 Å². The Morgan fingerprint density at radius 2 is 1.68 bits per heavy atom. The lowest BCUT2D eigenvalue weighted by Gasteiger charge is -2.13. The van der Waals surface area contributed by atoms with Gasteiger partial charge in [-0.05, 0) is 67.6 Å². The minimum atomic E-state index is -0.519. The van der Waals surface area contributed by atoms with E-state index in [2.05, 4.69) is 20.9 Å². The minimum absolute atomic E-state index is 0.0219. The molecule has 0 aliphatic heterocycles. The van der Waals surface area contributed by atoms with E-state index in [4.69, 9.17) is 9.15 Å². The molecular weight excluding hydrogens is 597 g/mol. The molecule has 0 spiro atoms. The molecule has 222 valence electrons. The Bertz CT molecular complexity index is 1770. The summed E-state index contributed by atoms with van der Waals surface area (Å²) in [5, 5.41) is 10.3. The number of rotatable bonds is 11. The summed E-state index contributed by atoms with van der Waals surface area (Å²) in [5.41, 5.74) is 2.53. The molecule has 3 aromatic carbocycles. The lowest BCUT2D eigenvalue weighted by molar-refractivity contribution is -0.115. The maximum Gasteiger partial charge on any atom is 0.272 e. The van der Waals surface area contributed by atoms with Crippen molar-refractivity contribution in [3.63, 3.8) is 0 Å². The number of hydrogen-bond donors (Lipinski definition) is 3. The summed E-state index contributed by atoms with van der Waals surface area (Å²) >= 11 is 2.72. The zero-order valence-corrected chi connectivity index (χ0v) is 25.4. The van der Waals surface area contributed by atoms with Gasteiger partial charge in [0.25, 0.3) is 11.8 Å². The highest BCUT2D eigenvalue weighted by Gasteiger charge is 2.19. The van der Waals surface area contributed by atoms with E-state index in [1.54, 1.807) is 61.7 Å². The lowest BCUT2D eigenvalue weighted by Crippen LogP contribution is -2.30. The highest BCUT2D eigenvalue weighted by atomic mass is 32.2. The molecule has 1 unspecified atom stereocenters. The Balaban J connectivity index is 1.19. The predicted molar refractivity (Wildman–Crippen MR) is 174 cm³/mol.